The molecule has 3 amide bonds. The van der Waals surface area contributed by atoms with E-state index in [4.69, 9.17) is 23.2 Å². The zero-order valence-electron chi connectivity index (χ0n) is 20.0. The van der Waals surface area contributed by atoms with Crippen LogP contribution in [0.1, 0.15) is 39.3 Å². The Morgan fingerprint density at radius 2 is 1.30 bits per heavy atom. The Labute approximate surface area is 235 Å². The zero-order chi connectivity index (χ0) is 29.6. The number of amides is 3. The predicted octanol–water partition coefficient (Wildman–Crippen LogP) is 7.41. The van der Waals surface area contributed by atoms with E-state index in [1.165, 1.54) is 6.92 Å². The van der Waals surface area contributed by atoms with E-state index in [-0.39, 0.29) is 50.0 Å². The number of alkyl halides is 6. The molecule has 2 aromatic carbocycles. The van der Waals surface area contributed by atoms with Gasteiger partial charge >= 0.3 is 12.4 Å². The largest absolute Gasteiger partial charge is 0.416 e. The van der Waals surface area contributed by atoms with Crippen molar-refractivity contribution in [3.63, 3.8) is 0 Å². The van der Waals surface area contributed by atoms with Crippen LogP contribution in [0.5, 0.6) is 0 Å². The van der Waals surface area contributed by atoms with Crippen LogP contribution in [0.25, 0.3) is 0 Å². The SMILES string of the molecule is Cc1nc(NC(=O)C2(C(=O)Nc3cc(C(F)(F)F)ccc3Cl)CC2)sc1C(=O)Nc1cc(C(F)(F)F)ccc1Cl. The lowest BCUT2D eigenvalue weighted by molar-refractivity contribution is -0.138. The first-order valence-corrected chi connectivity index (χ1v) is 12.7. The van der Waals surface area contributed by atoms with Crippen molar-refractivity contribution in [2.75, 3.05) is 16.0 Å². The highest BCUT2D eigenvalue weighted by atomic mass is 35.5. The summed E-state index contributed by atoms with van der Waals surface area (Å²) in [6.45, 7) is 1.42. The van der Waals surface area contributed by atoms with Crippen LogP contribution in [0, 0.1) is 12.3 Å². The lowest BCUT2D eigenvalue weighted by atomic mass is 10.0. The number of aryl methyl sites for hydroxylation is 1. The number of anilines is 3. The maximum absolute atomic E-state index is 13.0. The fraction of sp³-hybridized carbons (Fsp3) is 0.250. The lowest BCUT2D eigenvalue weighted by Gasteiger charge is -2.16. The molecular formula is C24H16Cl2F6N4O3S. The lowest BCUT2D eigenvalue weighted by Crippen LogP contribution is -2.35. The molecule has 0 radical (unpaired) electrons. The molecule has 1 aliphatic carbocycles. The highest BCUT2D eigenvalue weighted by Crippen LogP contribution is 2.48. The number of thiazole rings is 1. The van der Waals surface area contributed by atoms with E-state index < -0.39 is 46.6 Å². The number of carbonyl (C=O) groups is 3. The number of nitrogens with zero attached hydrogens (tertiary/aromatic N) is 1. The fourth-order valence-electron chi connectivity index (χ4n) is 3.58. The molecule has 0 saturated heterocycles. The highest BCUT2D eigenvalue weighted by Gasteiger charge is 2.57. The molecule has 4 rings (SSSR count). The summed E-state index contributed by atoms with van der Waals surface area (Å²) in [5.74, 6) is -2.53. The topological polar surface area (TPSA) is 100 Å². The first-order valence-electron chi connectivity index (χ1n) is 11.2. The molecule has 1 aromatic heterocycles. The van der Waals surface area contributed by atoms with Crippen LogP contribution in [-0.4, -0.2) is 22.7 Å². The van der Waals surface area contributed by atoms with E-state index in [2.05, 4.69) is 20.9 Å². The number of nitrogens with one attached hydrogen (secondary N) is 3. The molecular weight excluding hydrogens is 609 g/mol. The van der Waals surface area contributed by atoms with Crippen molar-refractivity contribution in [2.45, 2.75) is 32.1 Å². The second-order valence-corrected chi connectivity index (χ2v) is 10.6. The number of hydrogen-bond donors (Lipinski definition) is 3. The first kappa shape index (κ1) is 29.6. The van der Waals surface area contributed by atoms with Crippen LogP contribution < -0.4 is 16.0 Å². The Balaban J connectivity index is 1.47. The molecule has 0 unspecified atom stereocenters. The predicted molar refractivity (Wildman–Crippen MR) is 137 cm³/mol. The molecule has 0 atom stereocenters. The van der Waals surface area contributed by atoms with Gasteiger partial charge in [-0.3, -0.25) is 14.4 Å². The number of aromatic nitrogens is 1. The first-order chi connectivity index (χ1) is 18.5. The average Bonchev–Trinajstić information content (AvgIpc) is 3.58. The van der Waals surface area contributed by atoms with Crippen molar-refractivity contribution >= 4 is 68.8 Å². The molecule has 0 aliphatic heterocycles. The molecule has 3 N–H and O–H groups in total. The van der Waals surface area contributed by atoms with Gasteiger partial charge in [-0.15, -0.1) is 0 Å². The Bertz CT molecular complexity index is 1520. The molecule has 212 valence electrons. The Hall–Kier alpha value is -3.36. The van der Waals surface area contributed by atoms with Gasteiger partial charge in [-0.1, -0.05) is 34.5 Å². The summed E-state index contributed by atoms with van der Waals surface area (Å²) in [7, 11) is 0. The summed E-state index contributed by atoms with van der Waals surface area (Å²) >= 11 is 12.5. The van der Waals surface area contributed by atoms with Gasteiger partial charge in [0.15, 0.2) is 5.13 Å². The van der Waals surface area contributed by atoms with E-state index in [1.807, 2.05) is 0 Å². The number of benzene rings is 2. The number of halogens is 8. The second-order valence-electron chi connectivity index (χ2n) is 8.76. The number of hydrogen-bond acceptors (Lipinski definition) is 5. The third-order valence-electron chi connectivity index (χ3n) is 5.93. The van der Waals surface area contributed by atoms with Gasteiger partial charge in [-0.2, -0.15) is 26.3 Å². The fourth-order valence-corrected chi connectivity index (χ4v) is 4.76. The van der Waals surface area contributed by atoms with Crippen LogP contribution in [0.4, 0.5) is 42.8 Å². The zero-order valence-corrected chi connectivity index (χ0v) is 22.3. The minimum Gasteiger partial charge on any atom is -0.324 e. The van der Waals surface area contributed by atoms with Gasteiger partial charge in [0.2, 0.25) is 11.8 Å². The van der Waals surface area contributed by atoms with Crippen molar-refractivity contribution in [3.05, 3.63) is 68.1 Å². The molecule has 1 aliphatic rings. The number of rotatable bonds is 6. The van der Waals surface area contributed by atoms with Crippen molar-refractivity contribution in [1.29, 1.82) is 0 Å². The second kappa shape index (κ2) is 10.6. The quantitative estimate of drug-likeness (QED) is 0.196. The number of carbonyl (C=O) groups excluding carboxylic acids is 3. The minimum absolute atomic E-state index is 0.0474. The van der Waals surface area contributed by atoms with Gasteiger partial charge in [0.1, 0.15) is 10.3 Å². The third-order valence-corrected chi connectivity index (χ3v) is 7.66. The van der Waals surface area contributed by atoms with Crippen molar-refractivity contribution in [3.8, 4) is 0 Å². The molecule has 3 aromatic rings. The van der Waals surface area contributed by atoms with Gasteiger partial charge in [0, 0.05) is 0 Å². The molecule has 0 spiro atoms. The standard InChI is InChI=1S/C24H16Cl2F6N4O3S/c1-10-17(18(37)34-15-8-11(23(27,28)29)2-4-13(15)25)40-21(33-10)36-20(39)22(6-7-22)19(38)35-16-9-12(24(30,31)32)3-5-14(16)26/h2-5,8-9H,6-7H2,1H3,(H,34,37)(H,35,38)(H,33,36,39). The van der Waals surface area contributed by atoms with Crippen LogP contribution >= 0.6 is 34.5 Å². The minimum atomic E-state index is -4.68. The summed E-state index contributed by atoms with van der Waals surface area (Å²) in [6, 6.07) is 4.78. The summed E-state index contributed by atoms with van der Waals surface area (Å²) in [4.78, 5) is 42.6. The van der Waals surface area contributed by atoms with Crippen LogP contribution in [0.2, 0.25) is 10.0 Å². The van der Waals surface area contributed by atoms with E-state index in [0.717, 1.165) is 24.3 Å². The van der Waals surface area contributed by atoms with Crippen LogP contribution in [-0.2, 0) is 21.9 Å². The highest BCUT2D eigenvalue weighted by molar-refractivity contribution is 7.17. The van der Waals surface area contributed by atoms with Gasteiger partial charge in [-0.05, 0) is 56.2 Å². The van der Waals surface area contributed by atoms with Gasteiger partial charge in [0.05, 0.1) is 38.2 Å². The molecule has 1 saturated carbocycles. The van der Waals surface area contributed by atoms with Gasteiger partial charge in [0.25, 0.3) is 5.91 Å². The summed E-state index contributed by atoms with van der Waals surface area (Å²) in [6.07, 6.45) is -9.17. The normalized spacial score (nSPS) is 14.4. The van der Waals surface area contributed by atoms with E-state index in [1.54, 1.807) is 0 Å². The van der Waals surface area contributed by atoms with E-state index in [0.29, 0.717) is 23.5 Å². The molecule has 16 heteroatoms. The van der Waals surface area contributed by atoms with Gasteiger partial charge < -0.3 is 16.0 Å². The van der Waals surface area contributed by atoms with Crippen LogP contribution in [0.15, 0.2) is 36.4 Å². The molecule has 7 nitrogen and oxygen atoms in total. The summed E-state index contributed by atoms with van der Waals surface area (Å²) < 4.78 is 78.2. The Kier molecular flexibility index (Phi) is 7.82. The maximum atomic E-state index is 13.0. The average molecular weight is 625 g/mol. The smallest absolute Gasteiger partial charge is 0.324 e. The van der Waals surface area contributed by atoms with Gasteiger partial charge in [-0.25, -0.2) is 4.98 Å². The van der Waals surface area contributed by atoms with E-state index >= 15 is 0 Å². The Morgan fingerprint density at radius 3 is 1.77 bits per heavy atom. The van der Waals surface area contributed by atoms with E-state index in [9.17, 15) is 40.7 Å². The summed E-state index contributed by atoms with van der Waals surface area (Å²) in [5, 5.41) is 6.59. The molecule has 40 heavy (non-hydrogen) atoms. The molecule has 1 heterocycles. The van der Waals surface area contributed by atoms with Crippen molar-refractivity contribution in [1.82, 2.24) is 4.98 Å². The summed E-state index contributed by atoms with van der Waals surface area (Å²) in [5.41, 5.74) is -4.16. The Morgan fingerprint density at radius 1 is 0.825 bits per heavy atom. The molecule has 0 bridgehead atoms. The van der Waals surface area contributed by atoms with Crippen molar-refractivity contribution in [2.24, 2.45) is 5.41 Å². The van der Waals surface area contributed by atoms with Crippen molar-refractivity contribution < 1.29 is 40.7 Å². The maximum Gasteiger partial charge on any atom is 0.416 e. The van der Waals surface area contributed by atoms with Crippen LogP contribution in [0.3, 0.4) is 0 Å². The molecule has 1 fully saturated rings. The monoisotopic (exact) mass is 624 g/mol. The third kappa shape index (κ3) is 6.18.